The van der Waals surface area contributed by atoms with Crippen molar-refractivity contribution in [3.63, 3.8) is 0 Å². The smallest absolute Gasteiger partial charge is 0.265 e. The molecule has 0 spiro atoms. The Labute approximate surface area is 220 Å². The van der Waals surface area contributed by atoms with Crippen molar-refractivity contribution in [3.8, 4) is 0 Å². The van der Waals surface area contributed by atoms with Crippen LogP contribution in [0.1, 0.15) is 57.3 Å². The van der Waals surface area contributed by atoms with E-state index in [0.717, 1.165) is 53.7 Å². The van der Waals surface area contributed by atoms with E-state index in [4.69, 9.17) is 21.3 Å². The van der Waals surface area contributed by atoms with Gasteiger partial charge < -0.3 is 15.0 Å². The molecule has 2 atom stereocenters. The number of carbonyl (C=O) groups is 2. The molecule has 198 valence electrons. The van der Waals surface area contributed by atoms with E-state index in [1.165, 1.54) is 11.3 Å². The number of benzene rings is 1. The Morgan fingerprint density at radius 1 is 1.39 bits per heavy atom. The second kappa shape index (κ2) is 15.0. The maximum atomic E-state index is 12.8. The quantitative estimate of drug-likeness (QED) is 0.258. The normalized spacial score (nSPS) is 18.9. The Morgan fingerprint density at radius 3 is 2.75 bits per heavy atom. The van der Waals surface area contributed by atoms with Crippen LogP contribution < -0.4 is 10.2 Å². The van der Waals surface area contributed by atoms with E-state index in [2.05, 4.69) is 27.1 Å². The monoisotopic (exact) mass is 540 g/mol. The van der Waals surface area contributed by atoms with Gasteiger partial charge in [0.1, 0.15) is 10.9 Å². The molecule has 3 rings (SSSR count). The summed E-state index contributed by atoms with van der Waals surface area (Å²) in [5, 5.41) is 4.32. The SMILES string of the molecule is CCCO[C@H]1CN(c2nc3cccc(C=O)c3s2)CCC1NC(=O)/C(C)=N/C(Cl)=C(\C)CC.COF. The summed E-state index contributed by atoms with van der Waals surface area (Å²) >= 11 is 7.72. The van der Waals surface area contributed by atoms with Crippen LogP contribution in [0.2, 0.25) is 0 Å². The van der Waals surface area contributed by atoms with E-state index in [9.17, 15) is 14.1 Å². The minimum Gasteiger partial charge on any atom is -0.374 e. The molecule has 1 aliphatic heterocycles. The Morgan fingerprint density at radius 2 is 2.11 bits per heavy atom. The molecule has 1 saturated heterocycles. The predicted molar refractivity (Wildman–Crippen MR) is 144 cm³/mol. The average molecular weight is 541 g/mol. The van der Waals surface area contributed by atoms with Crippen LogP contribution in [0.4, 0.5) is 9.66 Å². The number of halogens is 2. The zero-order valence-corrected chi connectivity index (χ0v) is 22.9. The van der Waals surface area contributed by atoms with Crippen molar-refractivity contribution in [2.24, 2.45) is 4.99 Å². The van der Waals surface area contributed by atoms with Crippen molar-refractivity contribution >= 4 is 56.2 Å². The number of amides is 1. The lowest BCUT2D eigenvalue weighted by Crippen LogP contribution is -2.56. The maximum Gasteiger partial charge on any atom is 0.265 e. The number of fused-ring (bicyclic) bond motifs is 1. The third kappa shape index (κ3) is 8.06. The van der Waals surface area contributed by atoms with E-state index in [0.29, 0.717) is 36.0 Å². The summed E-state index contributed by atoms with van der Waals surface area (Å²) in [4.78, 5) is 38.1. The molecule has 1 N–H and O–H groups in total. The lowest BCUT2D eigenvalue weighted by Gasteiger charge is -2.38. The number of rotatable bonds is 9. The minimum absolute atomic E-state index is 0.139. The number of piperidine rings is 1. The summed E-state index contributed by atoms with van der Waals surface area (Å²) in [5.41, 5.74) is 2.74. The first-order valence-corrected chi connectivity index (χ1v) is 13.1. The number of thiazole rings is 1. The molecule has 11 heteroatoms. The lowest BCUT2D eigenvalue weighted by atomic mass is 10.0. The molecule has 0 aliphatic carbocycles. The molecule has 2 heterocycles. The maximum absolute atomic E-state index is 12.8. The Kier molecular flexibility index (Phi) is 12.4. The fourth-order valence-corrected chi connectivity index (χ4v) is 4.93. The van der Waals surface area contributed by atoms with Gasteiger partial charge in [-0.2, -0.15) is 4.94 Å². The zero-order chi connectivity index (χ0) is 26.7. The topological polar surface area (TPSA) is 93.1 Å². The fourth-order valence-electron chi connectivity index (χ4n) is 3.59. The molecule has 1 unspecified atom stereocenters. The molecule has 1 aromatic carbocycles. The van der Waals surface area contributed by atoms with Crippen molar-refractivity contribution in [3.05, 3.63) is 34.5 Å². The molecule has 36 heavy (non-hydrogen) atoms. The molecule has 1 amide bonds. The van der Waals surface area contributed by atoms with Crippen molar-refractivity contribution < 1.29 is 23.8 Å². The first-order chi connectivity index (χ1) is 17.3. The minimum atomic E-state index is -0.240. The molecule has 0 saturated carbocycles. The number of aliphatic imine (C=N–C) groups is 1. The van der Waals surface area contributed by atoms with Gasteiger partial charge in [-0.3, -0.25) is 9.59 Å². The standard InChI is InChI=1S/C24H31ClN4O3S.CH3FO/c1-5-12-32-20-13-29(24-28-19-9-7-8-17(14-30)21(19)33-24)11-10-18(20)27-23(31)16(4)26-22(25)15(3)6-2;1-3-2/h7-9,14,18,20H,5-6,10-13H2,1-4H3,(H,27,31);1H3/b22-15+,26-16+;/t18?,20-;/m0./s1. The average Bonchev–Trinajstić information content (AvgIpc) is 3.32. The number of allylic oxidation sites excluding steroid dienone is 1. The second-order valence-corrected chi connectivity index (χ2v) is 9.65. The zero-order valence-electron chi connectivity index (χ0n) is 21.3. The molecule has 0 radical (unpaired) electrons. The van der Waals surface area contributed by atoms with Crippen LogP contribution >= 0.6 is 22.9 Å². The van der Waals surface area contributed by atoms with Gasteiger partial charge in [-0.15, -0.1) is 0 Å². The Hall–Kier alpha value is -2.40. The van der Waals surface area contributed by atoms with Gasteiger partial charge in [0, 0.05) is 25.3 Å². The molecule has 2 aromatic rings. The summed E-state index contributed by atoms with van der Waals surface area (Å²) in [7, 11) is 0.958. The molecule has 1 fully saturated rings. The first kappa shape index (κ1) is 29.8. The van der Waals surface area contributed by atoms with Crippen molar-refractivity contribution in [2.45, 2.75) is 59.1 Å². The number of aromatic nitrogens is 1. The number of anilines is 1. The third-order valence-corrected chi connectivity index (χ3v) is 7.31. The lowest BCUT2D eigenvalue weighted by molar-refractivity contribution is -0.117. The van der Waals surface area contributed by atoms with Gasteiger partial charge >= 0.3 is 0 Å². The van der Waals surface area contributed by atoms with E-state index >= 15 is 0 Å². The van der Waals surface area contributed by atoms with Gasteiger partial charge in [0.25, 0.3) is 5.91 Å². The van der Waals surface area contributed by atoms with Gasteiger partial charge in [0.05, 0.1) is 29.5 Å². The van der Waals surface area contributed by atoms with Crippen LogP contribution in [0.25, 0.3) is 10.2 Å². The van der Waals surface area contributed by atoms with E-state index in [-0.39, 0.29) is 18.1 Å². The van der Waals surface area contributed by atoms with Gasteiger partial charge in [0.15, 0.2) is 11.4 Å². The fraction of sp³-hybridized carbons (Fsp3) is 0.520. The second-order valence-electron chi connectivity index (χ2n) is 8.31. The summed E-state index contributed by atoms with van der Waals surface area (Å²) < 4.78 is 16.8. The molecule has 1 aliphatic rings. The van der Waals surface area contributed by atoms with Crippen LogP contribution in [-0.4, -0.2) is 61.8 Å². The highest BCUT2D eigenvalue weighted by Gasteiger charge is 2.33. The highest BCUT2D eigenvalue weighted by molar-refractivity contribution is 7.22. The largest absolute Gasteiger partial charge is 0.374 e. The third-order valence-electron chi connectivity index (χ3n) is 5.72. The van der Waals surface area contributed by atoms with Crippen LogP contribution in [0.3, 0.4) is 0 Å². The van der Waals surface area contributed by atoms with Gasteiger partial charge in [-0.25, -0.2) is 9.98 Å². The van der Waals surface area contributed by atoms with E-state index in [1.54, 1.807) is 13.0 Å². The van der Waals surface area contributed by atoms with Gasteiger partial charge in [-0.1, -0.05) is 48.9 Å². The summed E-state index contributed by atoms with van der Waals surface area (Å²) in [6.45, 7) is 9.56. The number of hydrogen-bond acceptors (Lipinski definition) is 8. The van der Waals surface area contributed by atoms with Gasteiger partial charge in [0.2, 0.25) is 0 Å². The van der Waals surface area contributed by atoms with Crippen LogP contribution in [0.15, 0.2) is 33.9 Å². The van der Waals surface area contributed by atoms with Crippen molar-refractivity contribution in [2.75, 3.05) is 31.7 Å². The van der Waals surface area contributed by atoms with E-state index in [1.807, 2.05) is 26.0 Å². The van der Waals surface area contributed by atoms with Crippen molar-refractivity contribution in [1.82, 2.24) is 10.3 Å². The number of hydrogen-bond donors (Lipinski definition) is 1. The summed E-state index contributed by atoms with van der Waals surface area (Å²) in [6, 6.07) is 5.43. The molecular formula is C25H34ClFN4O4S. The first-order valence-electron chi connectivity index (χ1n) is 11.9. The Balaban J connectivity index is 0.00000145. The van der Waals surface area contributed by atoms with Crippen molar-refractivity contribution in [1.29, 1.82) is 0 Å². The number of aldehydes is 1. The van der Waals surface area contributed by atoms with Crippen LogP contribution in [-0.2, 0) is 14.5 Å². The molecular weight excluding hydrogens is 507 g/mol. The number of nitrogens with one attached hydrogen (secondary N) is 1. The number of ether oxygens (including phenoxy) is 1. The van der Waals surface area contributed by atoms with Crippen LogP contribution in [0.5, 0.6) is 0 Å². The molecule has 1 aromatic heterocycles. The highest BCUT2D eigenvalue weighted by Crippen LogP contribution is 2.32. The predicted octanol–water partition coefficient (Wildman–Crippen LogP) is 5.46. The molecule has 0 bridgehead atoms. The highest BCUT2D eigenvalue weighted by atomic mass is 35.5. The van der Waals surface area contributed by atoms with Gasteiger partial charge in [-0.05, 0) is 49.3 Å². The number of carbonyl (C=O) groups excluding carboxylic acids is 2. The van der Waals surface area contributed by atoms with E-state index < -0.39 is 0 Å². The Bertz CT molecular complexity index is 1090. The number of nitrogens with zero attached hydrogens (tertiary/aromatic N) is 3. The summed E-state index contributed by atoms with van der Waals surface area (Å²) in [6.07, 6.45) is 3.06. The molecule has 8 nitrogen and oxygen atoms in total. The summed E-state index contributed by atoms with van der Waals surface area (Å²) in [5.74, 6) is -0.240. The van der Waals surface area contributed by atoms with Crippen LogP contribution in [0, 0.1) is 0 Å².